The number of hydrogen-bond acceptors (Lipinski definition) is 6. The number of nitrogens with one attached hydrogen (secondary N) is 2. The Bertz CT molecular complexity index is 1460. The highest BCUT2D eigenvalue weighted by Gasteiger charge is 2.16. The maximum absolute atomic E-state index is 13.2. The Kier molecular flexibility index (Phi) is 6.07. The Labute approximate surface area is 187 Å². The summed E-state index contributed by atoms with van der Waals surface area (Å²) < 4.78 is 2.25. The summed E-state index contributed by atoms with van der Waals surface area (Å²) in [4.78, 5) is 58.4. The molecule has 0 bridgehead atoms. The van der Waals surface area contributed by atoms with E-state index >= 15 is 0 Å². The van der Waals surface area contributed by atoms with Crippen molar-refractivity contribution in [2.45, 2.75) is 20.0 Å². The fourth-order valence-corrected chi connectivity index (χ4v) is 3.43. The lowest BCUT2D eigenvalue weighted by molar-refractivity contribution is -0.117. The third-order valence-electron chi connectivity index (χ3n) is 4.82. The van der Waals surface area contributed by atoms with Gasteiger partial charge in [-0.1, -0.05) is 12.1 Å². The van der Waals surface area contributed by atoms with Crippen LogP contribution >= 0.6 is 0 Å². The van der Waals surface area contributed by atoms with Gasteiger partial charge in [0.15, 0.2) is 5.52 Å². The molecule has 2 amide bonds. The Morgan fingerprint density at radius 2 is 1.70 bits per heavy atom. The number of carbonyl (C=O) groups excluding carboxylic acids is 2. The second-order valence-corrected chi connectivity index (χ2v) is 7.30. The topological polar surface area (TPSA) is 128 Å². The minimum Gasteiger partial charge on any atom is -0.326 e. The van der Waals surface area contributed by atoms with Crippen molar-refractivity contribution in [1.29, 1.82) is 0 Å². The molecular formula is C23H20N6O4. The van der Waals surface area contributed by atoms with Gasteiger partial charge < -0.3 is 10.6 Å². The van der Waals surface area contributed by atoms with Gasteiger partial charge in [-0.25, -0.2) is 9.78 Å². The van der Waals surface area contributed by atoms with Crippen molar-refractivity contribution in [2.75, 3.05) is 10.6 Å². The van der Waals surface area contributed by atoms with E-state index in [4.69, 9.17) is 0 Å². The van der Waals surface area contributed by atoms with Crippen LogP contribution < -0.4 is 21.9 Å². The van der Waals surface area contributed by atoms with Gasteiger partial charge in [0.2, 0.25) is 11.8 Å². The summed E-state index contributed by atoms with van der Waals surface area (Å²) in [7, 11) is 0. The molecule has 3 aromatic heterocycles. The maximum atomic E-state index is 13.2. The molecule has 10 heteroatoms. The molecule has 0 unspecified atom stereocenters. The molecule has 166 valence electrons. The van der Waals surface area contributed by atoms with Gasteiger partial charge in [0.05, 0.1) is 12.1 Å². The smallest absolute Gasteiger partial charge is 0.326 e. The van der Waals surface area contributed by atoms with E-state index in [0.29, 0.717) is 16.9 Å². The molecule has 3 heterocycles. The van der Waals surface area contributed by atoms with Crippen LogP contribution in [-0.2, 0) is 22.7 Å². The number of carbonyl (C=O) groups is 2. The molecule has 0 fully saturated rings. The number of rotatable bonds is 6. The predicted octanol–water partition coefficient (Wildman–Crippen LogP) is 1.60. The average Bonchev–Trinajstić information content (AvgIpc) is 2.80. The summed E-state index contributed by atoms with van der Waals surface area (Å²) >= 11 is 0. The van der Waals surface area contributed by atoms with E-state index < -0.39 is 17.2 Å². The summed E-state index contributed by atoms with van der Waals surface area (Å²) in [6.07, 6.45) is 4.62. The Morgan fingerprint density at radius 3 is 2.42 bits per heavy atom. The van der Waals surface area contributed by atoms with Crippen LogP contribution in [0.25, 0.3) is 11.0 Å². The monoisotopic (exact) mass is 444 g/mol. The fourth-order valence-electron chi connectivity index (χ4n) is 3.43. The van der Waals surface area contributed by atoms with E-state index in [-0.39, 0.29) is 30.0 Å². The molecule has 0 atom stereocenters. The van der Waals surface area contributed by atoms with Crippen LogP contribution in [-0.4, -0.2) is 30.9 Å². The van der Waals surface area contributed by atoms with E-state index in [1.165, 1.54) is 17.7 Å². The van der Waals surface area contributed by atoms with Gasteiger partial charge in [-0.2, -0.15) is 0 Å². The molecule has 0 spiro atoms. The van der Waals surface area contributed by atoms with Crippen LogP contribution in [0.1, 0.15) is 12.5 Å². The predicted molar refractivity (Wildman–Crippen MR) is 123 cm³/mol. The molecule has 0 aliphatic carbocycles. The van der Waals surface area contributed by atoms with Crippen LogP contribution in [0, 0.1) is 0 Å². The van der Waals surface area contributed by atoms with E-state index in [0.717, 1.165) is 4.57 Å². The van der Waals surface area contributed by atoms with Crippen LogP contribution in [0.4, 0.5) is 11.4 Å². The van der Waals surface area contributed by atoms with Gasteiger partial charge in [-0.3, -0.25) is 28.5 Å². The second kappa shape index (κ2) is 9.27. The highest BCUT2D eigenvalue weighted by molar-refractivity contribution is 5.93. The molecule has 4 rings (SSSR count). The number of amides is 2. The summed E-state index contributed by atoms with van der Waals surface area (Å²) in [6.45, 7) is 1.05. The highest BCUT2D eigenvalue weighted by Crippen LogP contribution is 2.15. The van der Waals surface area contributed by atoms with Crippen molar-refractivity contribution in [3.8, 4) is 0 Å². The zero-order valence-corrected chi connectivity index (χ0v) is 17.7. The summed E-state index contributed by atoms with van der Waals surface area (Å²) in [5, 5.41) is 5.35. The fraction of sp³-hybridized carbons (Fsp3) is 0.130. The first kappa shape index (κ1) is 21.6. The van der Waals surface area contributed by atoms with E-state index in [9.17, 15) is 19.2 Å². The zero-order chi connectivity index (χ0) is 23.4. The highest BCUT2D eigenvalue weighted by atomic mass is 16.2. The minimum absolute atomic E-state index is 0.00159. The van der Waals surface area contributed by atoms with Gasteiger partial charge in [0.25, 0.3) is 5.56 Å². The molecule has 4 aromatic rings. The number of hydrogen-bond donors (Lipinski definition) is 2. The first-order valence-electron chi connectivity index (χ1n) is 10.1. The summed E-state index contributed by atoms with van der Waals surface area (Å²) in [6, 6.07) is 13.3. The Balaban J connectivity index is 1.68. The summed E-state index contributed by atoms with van der Waals surface area (Å²) in [5.41, 5.74) is 0.810. The lowest BCUT2D eigenvalue weighted by atomic mass is 10.2. The molecule has 0 radical (unpaired) electrons. The van der Waals surface area contributed by atoms with Crippen LogP contribution in [0.15, 0.2) is 76.7 Å². The first-order valence-corrected chi connectivity index (χ1v) is 10.1. The first-order chi connectivity index (χ1) is 15.9. The normalized spacial score (nSPS) is 10.7. The summed E-state index contributed by atoms with van der Waals surface area (Å²) in [5.74, 6) is -0.714. The van der Waals surface area contributed by atoms with E-state index in [1.54, 1.807) is 60.9 Å². The molecule has 33 heavy (non-hydrogen) atoms. The van der Waals surface area contributed by atoms with Gasteiger partial charge in [0.1, 0.15) is 6.54 Å². The third kappa shape index (κ3) is 4.85. The van der Waals surface area contributed by atoms with Crippen molar-refractivity contribution < 1.29 is 9.59 Å². The van der Waals surface area contributed by atoms with Gasteiger partial charge >= 0.3 is 5.69 Å². The number of aromatic nitrogens is 4. The third-order valence-corrected chi connectivity index (χ3v) is 4.82. The number of anilines is 2. The Morgan fingerprint density at radius 1 is 0.939 bits per heavy atom. The quantitative estimate of drug-likeness (QED) is 0.465. The van der Waals surface area contributed by atoms with Crippen molar-refractivity contribution in [1.82, 2.24) is 19.1 Å². The number of fused-ring (bicyclic) bond motifs is 1. The van der Waals surface area contributed by atoms with Crippen LogP contribution in [0.3, 0.4) is 0 Å². The van der Waals surface area contributed by atoms with E-state index in [1.807, 2.05) is 0 Å². The molecule has 0 saturated carbocycles. The van der Waals surface area contributed by atoms with Crippen LogP contribution in [0.2, 0.25) is 0 Å². The van der Waals surface area contributed by atoms with Gasteiger partial charge in [-0.15, -0.1) is 0 Å². The lowest BCUT2D eigenvalue weighted by Gasteiger charge is -2.14. The molecule has 0 saturated heterocycles. The van der Waals surface area contributed by atoms with Gasteiger partial charge in [-0.05, 0) is 42.0 Å². The van der Waals surface area contributed by atoms with Crippen molar-refractivity contribution >= 4 is 34.2 Å². The molecule has 0 aliphatic heterocycles. The van der Waals surface area contributed by atoms with Crippen LogP contribution in [0.5, 0.6) is 0 Å². The number of nitrogens with zero attached hydrogens (tertiary/aromatic N) is 4. The number of benzene rings is 1. The second-order valence-electron chi connectivity index (χ2n) is 7.30. The average molecular weight is 444 g/mol. The maximum Gasteiger partial charge on any atom is 0.332 e. The lowest BCUT2D eigenvalue weighted by Crippen LogP contribution is -2.42. The number of pyridine rings is 2. The molecule has 2 N–H and O–H groups in total. The standard InChI is InChI=1S/C23H20N6O4/c1-15(30)26-17-6-2-7-18(11-17)27-20(31)14-28-19-8-4-10-25-21(19)22(32)29(23(28)33)13-16-5-3-9-24-12-16/h2-12H,13-14H2,1H3,(H,26,30)(H,27,31). The molecule has 10 nitrogen and oxygen atoms in total. The minimum atomic E-state index is -0.633. The van der Waals surface area contributed by atoms with Crippen molar-refractivity contribution in [2.24, 2.45) is 0 Å². The molecular weight excluding hydrogens is 424 g/mol. The van der Waals surface area contributed by atoms with Crippen molar-refractivity contribution in [3.63, 3.8) is 0 Å². The zero-order valence-electron chi connectivity index (χ0n) is 17.7. The molecule has 0 aliphatic rings. The largest absolute Gasteiger partial charge is 0.332 e. The Hall–Kier alpha value is -4.60. The van der Waals surface area contributed by atoms with Crippen molar-refractivity contribution in [3.05, 3.63) is 93.5 Å². The van der Waals surface area contributed by atoms with Gasteiger partial charge in [0, 0.05) is 36.9 Å². The molecule has 1 aromatic carbocycles. The van der Waals surface area contributed by atoms with E-state index in [2.05, 4.69) is 20.6 Å². The SMILES string of the molecule is CC(=O)Nc1cccc(NC(=O)Cn2c(=O)n(Cc3cccnc3)c(=O)c3ncccc32)c1.